The Morgan fingerprint density at radius 1 is 1.50 bits per heavy atom. The number of nitrogens with one attached hydrogen (secondary N) is 1. The van der Waals surface area contributed by atoms with Gasteiger partial charge in [-0.2, -0.15) is 0 Å². The maximum Gasteiger partial charge on any atom is 0.241 e. The first-order valence-corrected chi connectivity index (χ1v) is 8.72. The van der Waals surface area contributed by atoms with Crippen LogP contribution in [0.15, 0.2) is 21.5 Å². The summed E-state index contributed by atoms with van der Waals surface area (Å²) < 4.78 is 28.4. The third kappa shape index (κ3) is 3.40. The number of halogens is 1. The van der Waals surface area contributed by atoms with Crippen LogP contribution in [0.2, 0.25) is 0 Å². The van der Waals surface area contributed by atoms with Gasteiger partial charge >= 0.3 is 0 Å². The summed E-state index contributed by atoms with van der Waals surface area (Å²) in [5.41, 5.74) is 1.23. The molecule has 1 atom stereocenters. The average Bonchev–Trinajstić information content (AvgIpc) is 2.76. The van der Waals surface area contributed by atoms with Gasteiger partial charge < -0.3 is 10.0 Å². The average molecular weight is 363 g/mol. The van der Waals surface area contributed by atoms with Crippen molar-refractivity contribution in [3.8, 4) is 0 Å². The second-order valence-corrected chi connectivity index (χ2v) is 7.76. The molecule has 1 aromatic rings. The summed E-state index contributed by atoms with van der Waals surface area (Å²) >= 11 is 3.34. The molecule has 1 heterocycles. The van der Waals surface area contributed by atoms with Gasteiger partial charge in [0, 0.05) is 17.1 Å². The van der Waals surface area contributed by atoms with Crippen LogP contribution in [0.4, 0.5) is 0 Å². The molecule has 1 fully saturated rings. The van der Waals surface area contributed by atoms with Crippen LogP contribution in [0.5, 0.6) is 0 Å². The van der Waals surface area contributed by atoms with Crippen LogP contribution in [0, 0.1) is 6.92 Å². The summed E-state index contributed by atoms with van der Waals surface area (Å²) in [4.78, 5) is 2.32. The minimum Gasteiger partial charge on any atom is -0.392 e. The lowest BCUT2D eigenvalue weighted by Crippen LogP contribution is -2.36. The van der Waals surface area contributed by atoms with Crippen LogP contribution in [0.1, 0.15) is 17.5 Å². The fourth-order valence-electron chi connectivity index (χ4n) is 2.39. The van der Waals surface area contributed by atoms with Crippen LogP contribution in [-0.2, 0) is 16.6 Å². The molecule has 0 amide bonds. The minimum atomic E-state index is -3.57. The Morgan fingerprint density at radius 3 is 2.75 bits per heavy atom. The van der Waals surface area contributed by atoms with E-state index in [1.165, 1.54) is 6.07 Å². The molecular weight excluding hydrogens is 344 g/mol. The predicted molar refractivity (Wildman–Crippen MR) is 81.0 cm³/mol. The van der Waals surface area contributed by atoms with E-state index in [-0.39, 0.29) is 17.5 Å². The number of likely N-dealkylation sites (tertiary alicyclic amines) is 1. The summed E-state index contributed by atoms with van der Waals surface area (Å²) in [6.07, 6.45) is 0.815. The SMILES string of the molecule is Cc1c(Br)cc(CO)cc1S(=O)(=O)NC1CCN(C)C1. The highest BCUT2D eigenvalue weighted by Crippen LogP contribution is 2.26. The summed E-state index contributed by atoms with van der Waals surface area (Å²) in [5.74, 6) is 0. The number of rotatable bonds is 4. The Labute approximate surface area is 128 Å². The molecule has 0 spiro atoms. The van der Waals surface area contributed by atoms with Gasteiger partial charge in [-0.15, -0.1) is 0 Å². The van der Waals surface area contributed by atoms with Crippen molar-refractivity contribution >= 4 is 26.0 Å². The lowest BCUT2D eigenvalue weighted by molar-refractivity contribution is 0.281. The van der Waals surface area contributed by atoms with Gasteiger partial charge in [0.2, 0.25) is 10.0 Å². The molecule has 112 valence electrons. The van der Waals surface area contributed by atoms with Crippen molar-refractivity contribution in [3.05, 3.63) is 27.7 Å². The first-order chi connectivity index (χ1) is 9.33. The number of sulfonamides is 1. The van der Waals surface area contributed by atoms with Gasteiger partial charge in [0.05, 0.1) is 11.5 Å². The van der Waals surface area contributed by atoms with Crippen molar-refractivity contribution in [1.82, 2.24) is 9.62 Å². The first-order valence-electron chi connectivity index (χ1n) is 6.44. The van der Waals surface area contributed by atoms with E-state index in [9.17, 15) is 13.5 Å². The number of hydrogen-bond donors (Lipinski definition) is 2. The zero-order valence-corrected chi connectivity index (χ0v) is 14.0. The van der Waals surface area contributed by atoms with E-state index < -0.39 is 10.0 Å². The monoisotopic (exact) mass is 362 g/mol. The van der Waals surface area contributed by atoms with Crippen LogP contribution < -0.4 is 4.72 Å². The van der Waals surface area contributed by atoms with Crippen molar-refractivity contribution in [1.29, 1.82) is 0 Å². The zero-order chi connectivity index (χ0) is 14.9. The zero-order valence-electron chi connectivity index (χ0n) is 11.6. The Kier molecular flexibility index (Phi) is 4.86. The molecule has 5 nitrogen and oxygen atoms in total. The molecule has 0 radical (unpaired) electrons. The summed E-state index contributed by atoms with van der Waals surface area (Å²) in [7, 11) is -1.60. The van der Waals surface area contributed by atoms with Crippen LogP contribution in [-0.4, -0.2) is 44.6 Å². The molecule has 1 aliphatic rings. The van der Waals surface area contributed by atoms with Gasteiger partial charge in [-0.1, -0.05) is 15.9 Å². The highest BCUT2D eigenvalue weighted by atomic mass is 79.9. The van der Waals surface area contributed by atoms with Crippen LogP contribution >= 0.6 is 15.9 Å². The topological polar surface area (TPSA) is 69.6 Å². The molecule has 1 unspecified atom stereocenters. The molecule has 7 heteroatoms. The second kappa shape index (κ2) is 6.11. The molecule has 1 aromatic carbocycles. The molecule has 1 aliphatic heterocycles. The fraction of sp³-hybridized carbons (Fsp3) is 0.538. The van der Waals surface area contributed by atoms with E-state index in [1.807, 2.05) is 7.05 Å². The molecule has 0 bridgehead atoms. The highest BCUT2D eigenvalue weighted by Gasteiger charge is 2.27. The molecule has 2 rings (SSSR count). The van der Waals surface area contributed by atoms with Crippen molar-refractivity contribution in [2.75, 3.05) is 20.1 Å². The predicted octanol–water partition coefficient (Wildman–Crippen LogP) is 1.23. The molecule has 0 aliphatic carbocycles. The summed E-state index contributed by atoms with van der Waals surface area (Å²) in [5, 5.41) is 9.22. The van der Waals surface area contributed by atoms with Gasteiger partial charge in [0.25, 0.3) is 0 Å². The maximum atomic E-state index is 12.5. The van der Waals surface area contributed by atoms with Crippen molar-refractivity contribution in [3.63, 3.8) is 0 Å². The normalized spacial score (nSPS) is 20.5. The van der Waals surface area contributed by atoms with Crippen molar-refractivity contribution in [2.45, 2.75) is 30.9 Å². The minimum absolute atomic E-state index is 0.0547. The van der Waals surface area contributed by atoms with E-state index in [0.29, 0.717) is 15.6 Å². The molecule has 0 aromatic heterocycles. The van der Waals surface area contributed by atoms with Gasteiger partial charge in [-0.3, -0.25) is 0 Å². The van der Waals surface area contributed by atoms with Gasteiger partial charge in [-0.25, -0.2) is 13.1 Å². The summed E-state index contributed by atoms with van der Waals surface area (Å²) in [6.45, 7) is 3.18. The first kappa shape index (κ1) is 15.9. The number of benzene rings is 1. The van der Waals surface area contributed by atoms with Gasteiger partial charge in [0.15, 0.2) is 0 Å². The third-order valence-corrected chi connectivity index (χ3v) is 6.01. The van der Waals surface area contributed by atoms with E-state index in [4.69, 9.17) is 0 Å². The number of aliphatic hydroxyl groups is 1. The molecular formula is C13H19BrN2O3S. The molecule has 1 saturated heterocycles. The van der Waals surface area contributed by atoms with E-state index in [0.717, 1.165) is 19.5 Å². The summed E-state index contributed by atoms with van der Waals surface area (Å²) in [6, 6.07) is 3.21. The number of likely N-dealkylation sites (N-methyl/N-ethyl adjacent to an activating group) is 1. The quantitative estimate of drug-likeness (QED) is 0.845. The third-order valence-electron chi connectivity index (χ3n) is 3.54. The second-order valence-electron chi connectivity index (χ2n) is 5.23. The number of nitrogens with zero attached hydrogens (tertiary/aromatic N) is 1. The maximum absolute atomic E-state index is 12.5. The van der Waals surface area contributed by atoms with E-state index in [1.54, 1.807) is 13.0 Å². The molecule has 20 heavy (non-hydrogen) atoms. The van der Waals surface area contributed by atoms with Crippen LogP contribution in [0.25, 0.3) is 0 Å². The highest BCUT2D eigenvalue weighted by molar-refractivity contribution is 9.10. The van der Waals surface area contributed by atoms with E-state index >= 15 is 0 Å². The Balaban J connectivity index is 2.31. The van der Waals surface area contributed by atoms with Crippen molar-refractivity contribution < 1.29 is 13.5 Å². The molecule has 0 saturated carbocycles. The van der Waals surface area contributed by atoms with E-state index in [2.05, 4.69) is 25.6 Å². The smallest absolute Gasteiger partial charge is 0.241 e. The largest absolute Gasteiger partial charge is 0.392 e. The number of aliphatic hydroxyl groups excluding tert-OH is 1. The fourth-order valence-corrected chi connectivity index (χ4v) is 4.61. The van der Waals surface area contributed by atoms with Gasteiger partial charge in [-0.05, 0) is 50.2 Å². The standard InChI is InChI=1S/C13H19BrN2O3S/c1-9-12(14)5-10(8-17)6-13(9)20(18,19)15-11-3-4-16(2)7-11/h5-6,11,15,17H,3-4,7-8H2,1-2H3. The molecule has 2 N–H and O–H groups in total. The Bertz CT molecular complexity index is 604. The van der Waals surface area contributed by atoms with Crippen LogP contribution in [0.3, 0.4) is 0 Å². The lowest BCUT2D eigenvalue weighted by Gasteiger charge is -2.16. The van der Waals surface area contributed by atoms with Crippen molar-refractivity contribution in [2.24, 2.45) is 0 Å². The Morgan fingerprint density at radius 2 is 2.20 bits per heavy atom. The Hall–Kier alpha value is -0.470. The number of hydrogen-bond acceptors (Lipinski definition) is 4. The van der Waals surface area contributed by atoms with Gasteiger partial charge in [0.1, 0.15) is 0 Å². The lowest BCUT2D eigenvalue weighted by atomic mass is 10.2.